The van der Waals surface area contributed by atoms with Gasteiger partial charge in [0.15, 0.2) is 0 Å². The Morgan fingerprint density at radius 3 is 2.40 bits per heavy atom. The van der Waals surface area contributed by atoms with Gasteiger partial charge >= 0.3 is 0 Å². The molecule has 0 spiro atoms. The molecule has 0 aromatic heterocycles. The SMILES string of the molecule is COc1cc2c(cc1Cl)C(c1ccc(Cl)cc1)=C(C)C2. The lowest BCUT2D eigenvalue weighted by Crippen LogP contribution is -1.91. The fraction of sp³-hybridized carbons (Fsp3) is 0.176. The lowest BCUT2D eigenvalue weighted by molar-refractivity contribution is 0.414. The van der Waals surface area contributed by atoms with E-state index in [1.807, 2.05) is 24.3 Å². The molecule has 0 saturated heterocycles. The lowest BCUT2D eigenvalue weighted by Gasteiger charge is -2.10. The molecule has 0 N–H and O–H groups in total. The standard InChI is InChI=1S/C17H14Cl2O/c1-10-7-12-8-16(20-2)15(19)9-14(12)17(10)11-3-5-13(18)6-4-11/h3-6,8-9H,7H2,1-2H3. The zero-order valence-corrected chi connectivity index (χ0v) is 12.8. The molecule has 0 radical (unpaired) electrons. The van der Waals surface area contributed by atoms with Crippen LogP contribution >= 0.6 is 23.2 Å². The Hall–Kier alpha value is -1.44. The highest BCUT2D eigenvalue weighted by molar-refractivity contribution is 6.32. The van der Waals surface area contributed by atoms with E-state index in [4.69, 9.17) is 27.9 Å². The Kier molecular flexibility index (Phi) is 3.49. The molecule has 3 rings (SSSR count). The van der Waals surface area contributed by atoms with Crippen LogP contribution in [0, 0.1) is 0 Å². The first-order chi connectivity index (χ1) is 9.60. The van der Waals surface area contributed by atoms with Crippen LogP contribution in [0.4, 0.5) is 0 Å². The number of benzene rings is 2. The first kappa shape index (κ1) is 13.5. The number of hydrogen-bond acceptors (Lipinski definition) is 1. The smallest absolute Gasteiger partial charge is 0.137 e. The van der Waals surface area contributed by atoms with Gasteiger partial charge in [-0.15, -0.1) is 0 Å². The van der Waals surface area contributed by atoms with Gasteiger partial charge < -0.3 is 4.74 Å². The van der Waals surface area contributed by atoms with Crippen molar-refractivity contribution in [1.29, 1.82) is 0 Å². The summed E-state index contributed by atoms with van der Waals surface area (Å²) in [5.41, 5.74) is 6.21. The van der Waals surface area contributed by atoms with Gasteiger partial charge in [-0.2, -0.15) is 0 Å². The van der Waals surface area contributed by atoms with Crippen molar-refractivity contribution in [3.63, 3.8) is 0 Å². The summed E-state index contributed by atoms with van der Waals surface area (Å²) in [6, 6.07) is 12.0. The van der Waals surface area contributed by atoms with Gasteiger partial charge in [0, 0.05) is 5.02 Å². The normalized spacial score (nSPS) is 13.6. The minimum absolute atomic E-state index is 0.646. The van der Waals surface area contributed by atoms with Crippen molar-refractivity contribution in [1.82, 2.24) is 0 Å². The molecular formula is C17H14Cl2O. The Morgan fingerprint density at radius 1 is 1.05 bits per heavy atom. The van der Waals surface area contributed by atoms with E-state index in [1.165, 1.54) is 27.8 Å². The van der Waals surface area contributed by atoms with Crippen LogP contribution in [0.1, 0.15) is 23.6 Å². The maximum atomic E-state index is 6.27. The number of fused-ring (bicyclic) bond motifs is 1. The van der Waals surface area contributed by atoms with E-state index < -0.39 is 0 Å². The number of halogens is 2. The van der Waals surface area contributed by atoms with E-state index in [2.05, 4.69) is 19.1 Å². The van der Waals surface area contributed by atoms with Crippen molar-refractivity contribution < 1.29 is 4.74 Å². The molecular weight excluding hydrogens is 291 g/mol. The average molecular weight is 305 g/mol. The highest BCUT2D eigenvalue weighted by Crippen LogP contribution is 2.41. The largest absolute Gasteiger partial charge is 0.495 e. The highest BCUT2D eigenvalue weighted by atomic mass is 35.5. The van der Waals surface area contributed by atoms with Gasteiger partial charge in [0.25, 0.3) is 0 Å². The van der Waals surface area contributed by atoms with Gasteiger partial charge in [-0.25, -0.2) is 0 Å². The van der Waals surface area contributed by atoms with Gasteiger partial charge in [0.1, 0.15) is 5.75 Å². The molecule has 1 nitrogen and oxygen atoms in total. The number of hydrogen-bond donors (Lipinski definition) is 0. The molecule has 0 bridgehead atoms. The predicted octanol–water partition coefficient (Wildman–Crippen LogP) is 5.38. The molecule has 2 aromatic rings. The summed E-state index contributed by atoms with van der Waals surface area (Å²) in [5.74, 6) is 0.732. The molecule has 0 unspecified atom stereocenters. The Morgan fingerprint density at radius 2 is 1.75 bits per heavy atom. The van der Waals surface area contributed by atoms with Gasteiger partial charge in [0.2, 0.25) is 0 Å². The molecule has 3 heteroatoms. The predicted molar refractivity (Wildman–Crippen MR) is 84.9 cm³/mol. The van der Waals surface area contributed by atoms with Crippen LogP contribution in [-0.4, -0.2) is 7.11 Å². The first-order valence-electron chi connectivity index (χ1n) is 6.42. The summed E-state index contributed by atoms with van der Waals surface area (Å²) in [5, 5.41) is 1.39. The molecule has 0 saturated carbocycles. The van der Waals surface area contributed by atoms with Crippen LogP contribution in [0.25, 0.3) is 5.57 Å². The van der Waals surface area contributed by atoms with Gasteiger partial charge in [-0.05, 0) is 59.9 Å². The first-order valence-corrected chi connectivity index (χ1v) is 7.18. The third-order valence-electron chi connectivity index (χ3n) is 3.66. The molecule has 1 aliphatic carbocycles. The van der Waals surface area contributed by atoms with Crippen LogP contribution in [0.2, 0.25) is 10.0 Å². The lowest BCUT2D eigenvalue weighted by atomic mass is 9.98. The quantitative estimate of drug-likeness (QED) is 0.724. The third-order valence-corrected chi connectivity index (χ3v) is 4.21. The summed E-state index contributed by atoms with van der Waals surface area (Å²) >= 11 is 12.2. The number of allylic oxidation sites excluding steroid dienone is 1. The molecule has 0 aliphatic heterocycles. The second kappa shape index (κ2) is 5.16. The second-order valence-electron chi connectivity index (χ2n) is 4.98. The maximum absolute atomic E-state index is 6.27. The maximum Gasteiger partial charge on any atom is 0.137 e. The molecule has 0 atom stereocenters. The van der Waals surface area contributed by atoms with Gasteiger partial charge in [0.05, 0.1) is 12.1 Å². The van der Waals surface area contributed by atoms with Crippen molar-refractivity contribution >= 4 is 28.8 Å². The fourth-order valence-corrected chi connectivity index (χ4v) is 3.12. The van der Waals surface area contributed by atoms with Crippen molar-refractivity contribution in [2.45, 2.75) is 13.3 Å². The van der Waals surface area contributed by atoms with Crippen LogP contribution in [-0.2, 0) is 6.42 Å². The Labute approximate surface area is 128 Å². The van der Waals surface area contributed by atoms with E-state index >= 15 is 0 Å². The molecule has 102 valence electrons. The van der Waals surface area contributed by atoms with Crippen LogP contribution in [0.3, 0.4) is 0 Å². The molecule has 0 heterocycles. The van der Waals surface area contributed by atoms with Crippen LogP contribution < -0.4 is 4.74 Å². The van der Waals surface area contributed by atoms with E-state index in [9.17, 15) is 0 Å². The number of ether oxygens (including phenoxy) is 1. The minimum Gasteiger partial charge on any atom is -0.495 e. The molecule has 2 aromatic carbocycles. The number of rotatable bonds is 2. The van der Waals surface area contributed by atoms with Gasteiger partial charge in [-0.3, -0.25) is 0 Å². The monoisotopic (exact) mass is 304 g/mol. The zero-order chi connectivity index (χ0) is 14.3. The molecule has 0 amide bonds. The summed E-state index contributed by atoms with van der Waals surface area (Å²) < 4.78 is 5.29. The van der Waals surface area contributed by atoms with Crippen molar-refractivity contribution in [2.24, 2.45) is 0 Å². The Bertz CT molecular complexity index is 700. The fourth-order valence-electron chi connectivity index (χ4n) is 2.75. The zero-order valence-electron chi connectivity index (χ0n) is 11.3. The Balaban J connectivity index is 2.13. The van der Waals surface area contributed by atoms with Crippen LogP contribution in [0.5, 0.6) is 5.75 Å². The third kappa shape index (κ3) is 2.21. The van der Waals surface area contributed by atoms with Gasteiger partial charge in [-0.1, -0.05) is 40.9 Å². The average Bonchev–Trinajstić information content (AvgIpc) is 2.74. The summed E-state index contributed by atoms with van der Waals surface area (Å²) in [6.07, 6.45) is 0.931. The van der Waals surface area contributed by atoms with Crippen molar-refractivity contribution in [3.8, 4) is 5.75 Å². The van der Waals surface area contributed by atoms with E-state index in [0.29, 0.717) is 5.02 Å². The molecule has 20 heavy (non-hydrogen) atoms. The summed E-state index contributed by atoms with van der Waals surface area (Å²) in [4.78, 5) is 0. The minimum atomic E-state index is 0.646. The molecule has 0 fully saturated rings. The number of methoxy groups -OCH3 is 1. The van der Waals surface area contributed by atoms with Crippen LogP contribution in [0.15, 0.2) is 42.0 Å². The summed E-state index contributed by atoms with van der Waals surface area (Å²) in [7, 11) is 1.64. The molecule has 1 aliphatic rings. The summed E-state index contributed by atoms with van der Waals surface area (Å²) in [6.45, 7) is 2.16. The topological polar surface area (TPSA) is 9.23 Å². The van der Waals surface area contributed by atoms with Crippen molar-refractivity contribution in [3.05, 3.63) is 68.7 Å². The van der Waals surface area contributed by atoms with E-state index in [1.54, 1.807) is 7.11 Å². The van der Waals surface area contributed by atoms with Crippen molar-refractivity contribution in [2.75, 3.05) is 7.11 Å². The highest BCUT2D eigenvalue weighted by Gasteiger charge is 2.22. The second-order valence-corrected chi connectivity index (χ2v) is 5.83. The van der Waals surface area contributed by atoms with E-state index in [-0.39, 0.29) is 0 Å². The van der Waals surface area contributed by atoms with E-state index in [0.717, 1.165) is 17.2 Å².